The number of nitrogens with one attached hydrogen (secondary N) is 1. The van der Waals surface area contributed by atoms with Gasteiger partial charge in [-0.15, -0.1) is 0 Å². The van der Waals surface area contributed by atoms with Gasteiger partial charge >= 0.3 is 0 Å². The van der Waals surface area contributed by atoms with Crippen molar-refractivity contribution in [3.05, 3.63) is 107 Å². The Morgan fingerprint density at radius 1 is 0.941 bits per heavy atom. The van der Waals surface area contributed by atoms with Crippen LogP contribution in [-0.4, -0.2) is 22.6 Å². The molecular weight excluding hydrogens is 426 g/mol. The number of rotatable bonds is 5. The number of aromatic nitrogens is 2. The Balaban J connectivity index is 1.78. The van der Waals surface area contributed by atoms with Crippen LogP contribution < -0.4 is 15.6 Å². The van der Waals surface area contributed by atoms with Crippen LogP contribution in [-0.2, 0) is 11.2 Å². The van der Waals surface area contributed by atoms with Crippen molar-refractivity contribution >= 4 is 33.3 Å². The van der Waals surface area contributed by atoms with Gasteiger partial charge in [-0.1, -0.05) is 54.6 Å². The second-order valence-electron chi connectivity index (χ2n) is 8.07. The van der Waals surface area contributed by atoms with Gasteiger partial charge in [0, 0.05) is 19.0 Å². The van der Waals surface area contributed by atoms with Crippen LogP contribution in [0, 0.1) is 0 Å². The quantitative estimate of drug-likeness (QED) is 0.405. The van der Waals surface area contributed by atoms with Crippen molar-refractivity contribution in [3.63, 3.8) is 0 Å². The molecule has 0 aliphatic heterocycles. The molecule has 0 unspecified atom stereocenters. The molecular formula is C28H23N3O3. The summed E-state index contributed by atoms with van der Waals surface area (Å²) in [4.78, 5) is 30.4. The molecule has 1 aromatic heterocycles. The van der Waals surface area contributed by atoms with Gasteiger partial charge in [0.15, 0.2) is 0 Å². The Bertz CT molecular complexity index is 1600. The molecule has 0 aliphatic carbocycles. The average molecular weight is 450 g/mol. The smallest absolute Gasteiger partial charge is 0.266 e. The minimum absolute atomic E-state index is 0.195. The molecule has 0 aliphatic rings. The van der Waals surface area contributed by atoms with Crippen molar-refractivity contribution in [3.8, 4) is 11.4 Å². The molecule has 0 radical (unpaired) electrons. The summed E-state index contributed by atoms with van der Waals surface area (Å²) in [5, 5.41) is 5.53. The van der Waals surface area contributed by atoms with E-state index in [0.29, 0.717) is 40.3 Å². The van der Waals surface area contributed by atoms with Gasteiger partial charge in [-0.25, -0.2) is 4.98 Å². The number of carbonyl (C=O) groups excluding carboxylic acids is 1. The van der Waals surface area contributed by atoms with Crippen LogP contribution in [0.3, 0.4) is 0 Å². The van der Waals surface area contributed by atoms with E-state index in [9.17, 15) is 9.59 Å². The summed E-state index contributed by atoms with van der Waals surface area (Å²) in [6, 6.07) is 26.8. The Morgan fingerprint density at radius 3 is 2.47 bits per heavy atom. The molecule has 1 N–H and O–H groups in total. The summed E-state index contributed by atoms with van der Waals surface area (Å²) in [5.41, 5.74) is 2.59. The fourth-order valence-corrected chi connectivity index (χ4v) is 4.31. The lowest BCUT2D eigenvalue weighted by Gasteiger charge is -2.18. The van der Waals surface area contributed by atoms with Crippen molar-refractivity contribution < 1.29 is 9.53 Å². The SMILES string of the molecule is COc1ccc(NC(C)=O)cc1-n1c(Cc2cccc3ccccc23)nc2ccccc2c1=O. The van der Waals surface area contributed by atoms with E-state index in [1.807, 2.05) is 36.4 Å². The second kappa shape index (κ2) is 8.83. The maximum atomic E-state index is 13.8. The topological polar surface area (TPSA) is 73.2 Å². The molecule has 0 spiro atoms. The highest BCUT2D eigenvalue weighted by atomic mass is 16.5. The third-order valence-electron chi connectivity index (χ3n) is 5.81. The normalized spacial score (nSPS) is 11.0. The maximum Gasteiger partial charge on any atom is 0.266 e. The highest BCUT2D eigenvalue weighted by molar-refractivity contribution is 5.89. The zero-order chi connectivity index (χ0) is 23.7. The van der Waals surface area contributed by atoms with E-state index >= 15 is 0 Å². The fourth-order valence-electron chi connectivity index (χ4n) is 4.31. The molecule has 4 aromatic carbocycles. The summed E-state index contributed by atoms with van der Waals surface area (Å²) in [6.07, 6.45) is 0.439. The van der Waals surface area contributed by atoms with Crippen LogP contribution in [0.25, 0.3) is 27.4 Å². The molecule has 1 amide bonds. The first-order valence-corrected chi connectivity index (χ1v) is 11.0. The van der Waals surface area contributed by atoms with Gasteiger partial charge in [-0.05, 0) is 46.7 Å². The van der Waals surface area contributed by atoms with Crippen molar-refractivity contribution in [1.29, 1.82) is 0 Å². The monoisotopic (exact) mass is 449 g/mol. The first-order valence-electron chi connectivity index (χ1n) is 11.0. The average Bonchev–Trinajstić information content (AvgIpc) is 2.84. The molecule has 5 rings (SSSR count). The number of anilines is 1. The summed E-state index contributed by atoms with van der Waals surface area (Å²) >= 11 is 0. The number of methoxy groups -OCH3 is 1. The predicted molar refractivity (Wildman–Crippen MR) is 135 cm³/mol. The Hall–Kier alpha value is -4.45. The highest BCUT2D eigenvalue weighted by Crippen LogP contribution is 2.29. The van der Waals surface area contributed by atoms with Crippen LogP contribution in [0.1, 0.15) is 18.3 Å². The van der Waals surface area contributed by atoms with Gasteiger partial charge in [0.05, 0.1) is 23.7 Å². The molecule has 0 atom stereocenters. The fraction of sp³-hybridized carbons (Fsp3) is 0.107. The largest absolute Gasteiger partial charge is 0.495 e. The number of hydrogen-bond acceptors (Lipinski definition) is 4. The van der Waals surface area contributed by atoms with E-state index in [0.717, 1.165) is 16.3 Å². The van der Waals surface area contributed by atoms with Crippen LogP contribution in [0.5, 0.6) is 5.75 Å². The molecule has 0 saturated carbocycles. The van der Waals surface area contributed by atoms with E-state index in [4.69, 9.17) is 9.72 Å². The summed E-state index contributed by atoms with van der Waals surface area (Å²) in [5.74, 6) is 0.891. The number of nitrogens with zero attached hydrogens (tertiary/aromatic N) is 2. The van der Waals surface area contributed by atoms with Gasteiger partial charge in [0.2, 0.25) is 5.91 Å². The van der Waals surface area contributed by atoms with E-state index in [-0.39, 0.29) is 11.5 Å². The number of carbonyl (C=O) groups is 1. The van der Waals surface area contributed by atoms with E-state index in [1.54, 1.807) is 35.9 Å². The van der Waals surface area contributed by atoms with Crippen molar-refractivity contribution in [1.82, 2.24) is 9.55 Å². The van der Waals surface area contributed by atoms with Crippen LogP contribution in [0.15, 0.2) is 89.7 Å². The Morgan fingerprint density at radius 2 is 1.68 bits per heavy atom. The van der Waals surface area contributed by atoms with Crippen LogP contribution in [0.4, 0.5) is 5.69 Å². The van der Waals surface area contributed by atoms with Crippen molar-refractivity contribution in [2.24, 2.45) is 0 Å². The lowest BCUT2D eigenvalue weighted by atomic mass is 10.0. The van der Waals surface area contributed by atoms with Gasteiger partial charge in [0.1, 0.15) is 11.6 Å². The molecule has 6 heteroatoms. The molecule has 34 heavy (non-hydrogen) atoms. The maximum absolute atomic E-state index is 13.8. The van der Waals surface area contributed by atoms with Gasteiger partial charge in [0.25, 0.3) is 5.56 Å². The van der Waals surface area contributed by atoms with Crippen LogP contribution >= 0.6 is 0 Å². The first-order chi connectivity index (χ1) is 16.5. The molecule has 1 heterocycles. The zero-order valence-corrected chi connectivity index (χ0v) is 18.9. The predicted octanol–water partition coefficient (Wildman–Crippen LogP) is 5.10. The van der Waals surface area contributed by atoms with Gasteiger partial charge < -0.3 is 10.1 Å². The minimum atomic E-state index is -0.198. The molecule has 168 valence electrons. The third-order valence-corrected chi connectivity index (χ3v) is 5.81. The van der Waals surface area contributed by atoms with E-state index in [2.05, 4.69) is 29.6 Å². The highest BCUT2D eigenvalue weighted by Gasteiger charge is 2.18. The lowest BCUT2D eigenvalue weighted by molar-refractivity contribution is -0.114. The molecule has 5 aromatic rings. The number of hydrogen-bond donors (Lipinski definition) is 1. The molecule has 6 nitrogen and oxygen atoms in total. The number of amides is 1. The van der Waals surface area contributed by atoms with Crippen molar-refractivity contribution in [2.75, 3.05) is 12.4 Å². The van der Waals surface area contributed by atoms with E-state index < -0.39 is 0 Å². The van der Waals surface area contributed by atoms with E-state index in [1.165, 1.54) is 6.92 Å². The number of benzene rings is 4. The molecule has 0 bridgehead atoms. The Labute approximate surface area is 196 Å². The van der Waals surface area contributed by atoms with Crippen molar-refractivity contribution in [2.45, 2.75) is 13.3 Å². The van der Waals surface area contributed by atoms with Gasteiger partial charge in [-0.3, -0.25) is 14.2 Å². The number of para-hydroxylation sites is 1. The Kier molecular flexibility index (Phi) is 5.55. The third kappa shape index (κ3) is 3.90. The molecule has 0 fully saturated rings. The minimum Gasteiger partial charge on any atom is -0.495 e. The lowest BCUT2D eigenvalue weighted by Crippen LogP contribution is -2.25. The summed E-state index contributed by atoms with van der Waals surface area (Å²) < 4.78 is 7.19. The second-order valence-corrected chi connectivity index (χ2v) is 8.07. The summed E-state index contributed by atoms with van der Waals surface area (Å²) in [7, 11) is 1.56. The number of ether oxygens (including phenoxy) is 1. The standard InChI is InChI=1S/C28H23N3O3/c1-18(32)29-21-14-15-26(34-2)25(17-21)31-27(30-24-13-6-5-12-23(24)28(31)33)16-20-10-7-9-19-8-3-4-11-22(19)20/h3-15,17H,16H2,1-2H3,(H,29,32). The molecule has 0 saturated heterocycles. The zero-order valence-electron chi connectivity index (χ0n) is 18.9. The first kappa shape index (κ1) is 21.4. The number of fused-ring (bicyclic) bond motifs is 2. The van der Waals surface area contributed by atoms with Crippen LogP contribution in [0.2, 0.25) is 0 Å². The summed E-state index contributed by atoms with van der Waals surface area (Å²) in [6.45, 7) is 1.44. The van der Waals surface area contributed by atoms with Gasteiger partial charge in [-0.2, -0.15) is 0 Å².